The Hall–Kier alpha value is -1.28. The Balaban J connectivity index is 1.38. The number of phosphoric ester groups is 1. The average Bonchev–Trinajstić information content (AvgIpc) is 2.93. The summed E-state index contributed by atoms with van der Waals surface area (Å²) in [5.41, 5.74) is 6.55. The molecular weight excluding hydrogens is 459 g/mol. The number of nitrogen functional groups attached to an aromatic ring is 1. The van der Waals surface area contributed by atoms with Gasteiger partial charge in [-0.1, -0.05) is 0 Å². The molecule has 0 radical (unpaired) electrons. The number of aromatic nitrogens is 4. The molecule has 2 aromatic rings. The standard InChI is InChI=1S/C10H14N5O11P3/c11-9-6-10(13-2-12-9)15(3-14-6)5-1-4-7(23-5)8(4)24-28(19,20)26-29(21,22)25-27(16,17)18/h2-5,7-8H,1H2,(H,19,20)(H,21,22)(H2,11,12,13)(H2,16,17,18). The minimum atomic E-state index is -5.56. The van der Waals surface area contributed by atoms with Crippen LogP contribution in [-0.2, 0) is 31.6 Å². The van der Waals surface area contributed by atoms with Crippen LogP contribution in [0.3, 0.4) is 0 Å². The molecule has 16 nitrogen and oxygen atoms in total. The molecule has 1 saturated carbocycles. The fourth-order valence-corrected chi connectivity index (χ4v) is 6.32. The summed E-state index contributed by atoms with van der Waals surface area (Å²) in [6.07, 6.45) is 0.991. The van der Waals surface area contributed by atoms with Gasteiger partial charge in [0, 0.05) is 12.3 Å². The van der Waals surface area contributed by atoms with Crippen molar-refractivity contribution in [2.75, 3.05) is 5.73 Å². The lowest BCUT2D eigenvalue weighted by molar-refractivity contribution is -0.00684. The van der Waals surface area contributed by atoms with Crippen LogP contribution < -0.4 is 5.73 Å². The van der Waals surface area contributed by atoms with E-state index in [1.54, 1.807) is 4.57 Å². The van der Waals surface area contributed by atoms with Gasteiger partial charge in [0.25, 0.3) is 0 Å². The number of phosphoric acid groups is 3. The molecule has 160 valence electrons. The van der Waals surface area contributed by atoms with Gasteiger partial charge in [0.2, 0.25) is 0 Å². The summed E-state index contributed by atoms with van der Waals surface area (Å²) in [6, 6.07) is 0. The summed E-state index contributed by atoms with van der Waals surface area (Å²) in [5.74, 6) is -0.149. The van der Waals surface area contributed by atoms with Gasteiger partial charge < -0.3 is 30.0 Å². The van der Waals surface area contributed by atoms with Crippen LogP contribution in [0.15, 0.2) is 12.7 Å². The highest BCUT2D eigenvalue weighted by atomic mass is 31.3. The van der Waals surface area contributed by atoms with E-state index in [1.807, 2.05) is 0 Å². The molecule has 1 aliphatic carbocycles. The van der Waals surface area contributed by atoms with Gasteiger partial charge in [0.1, 0.15) is 24.2 Å². The van der Waals surface area contributed by atoms with Crippen molar-refractivity contribution in [2.45, 2.75) is 24.9 Å². The second-order valence-corrected chi connectivity index (χ2v) is 10.6. The Labute approximate surface area is 161 Å². The van der Waals surface area contributed by atoms with Crippen molar-refractivity contribution < 1.29 is 51.2 Å². The largest absolute Gasteiger partial charge is 0.490 e. The number of fused-ring (bicyclic) bond motifs is 2. The maximum Gasteiger partial charge on any atom is 0.490 e. The predicted molar refractivity (Wildman–Crippen MR) is 90.5 cm³/mol. The van der Waals surface area contributed by atoms with Crippen LogP contribution in [0, 0.1) is 5.92 Å². The van der Waals surface area contributed by atoms with Crippen molar-refractivity contribution in [3.05, 3.63) is 12.7 Å². The molecule has 0 spiro atoms. The molecule has 0 bridgehead atoms. The predicted octanol–water partition coefficient (Wildman–Crippen LogP) is 0.0377. The van der Waals surface area contributed by atoms with E-state index >= 15 is 0 Å². The van der Waals surface area contributed by atoms with Crippen molar-refractivity contribution in [1.29, 1.82) is 0 Å². The fourth-order valence-electron chi connectivity index (χ4n) is 3.08. The smallest absolute Gasteiger partial charge is 0.382 e. The molecule has 2 aromatic heterocycles. The molecule has 6 atom stereocenters. The number of imidazole rings is 1. The topological polar surface area (TPSA) is 239 Å². The van der Waals surface area contributed by atoms with E-state index in [2.05, 4.69) is 23.6 Å². The molecule has 19 heteroatoms. The molecule has 1 aliphatic heterocycles. The SMILES string of the molecule is Nc1ncnc2c1ncn2C1CC2C(O1)C2OP(=O)(O)OP(=O)(O)OP(=O)(O)O. The molecule has 4 rings (SSSR count). The number of hydrogen-bond donors (Lipinski definition) is 5. The second-order valence-electron chi connectivity index (χ2n) is 6.20. The molecule has 6 N–H and O–H groups in total. The van der Waals surface area contributed by atoms with Crippen molar-refractivity contribution in [3.63, 3.8) is 0 Å². The first-order chi connectivity index (χ1) is 13.4. The van der Waals surface area contributed by atoms with Crippen LogP contribution in [-0.4, -0.2) is 51.3 Å². The van der Waals surface area contributed by atoms with Gasteiger partial charge in [-0.05, 0) is 0 Å². The first kappa shape index (κ1) is 21.0. The summed E-state index contributed by atoms with van der Waals surface area (Å²) in [5, 5.41) is 0. The van der Waals surface area contributed by atoms with E-state index < -0.39 is 41.9 Å². The summed E-state index contributed by atoms with van der Waals surface area (Å²) < 4.78 is 53.3. The fraction of sp³-hybridized carbons (Fsp3) is 0.500. The number of anilines is 1. The van der Waals surface area contributed by atoms with E-state index in [0.717, 1.165) is 0 Å². The molecule has 2 aliphatic rings. The molecule has 0 amide bonds. The van der Waals surface area contributed by atoms with E-state index in [1.165, 1.54) is 12.7 Å². The summed E-state index contributed by atoms with van der Waals surface area (Å²) in [6.45, 7) is 0. The van der Waals surface area contributed by atoms with E-state index in [0.29, 0.717) is 17.6 Å². The van der Waals surface area contributed by atoms with Crippen LogP contribution >= 0.6 is 23.5 Å². The Bertz CT molecular complexity index is 1090. The van der Waals surface area contributed by atoms with Crippen LogP contribution in [0.4, 0.5) is 5.82 Å². The summed E-state index contributed by atoms with van der Waals surface area (Å²) in [4.78, 5) is 47.8. The Morgan fingerprint density at radius 2 is 1.83 bits per heavy atom. The number of nitrogens with zero attached hydrogens (tertiary/aromatic N) is 4. The highest BCUT2D eigenvalue weighted by Crippen LogP contribution is 2.68. The van der Waals surface area contributed by atoms with Gasteiger partial charge in [-0.15, -0.1) is 0 Å². The van der Waals surface area contributed by atoms with Gasteiger partial charge in [-0.3, -0.25) is 9.09 Å². The zero-order valence-electron chi connectivity index (χ0n) is 14.0. The highest BCUT2D eigenvalue weighted by Gasteiger charge is 2.62. The molecule has 0 aromatic carbocycles. The minimum absolute atomic E-state index is 0.197. The molecule has 2 fully saturated rings. The Morgan fingerprint density at radius 1 is 1.10 bits per heavy atom. The van der Waals surface area contributed by atoms with Crippen molar-refractivity contribution >= 4 is 40.4 Å². The van der Waals surface area contributed by atoms with Gasteiger partial charge in [0.05, 0.1) is 12.4 Å². The van der Waals surface area contributed by atoms with E-state index in [9.17, 15) is 18.6 Å². The van der Waals surface area contributed by atoms with Crippen LogP contribution in [0.1, 0.15) is 12.6 Å². The average molecular weight is 473 g/mol. The lowest BCUT2D eigenvalue weighted by Crippen LogP contribution is -2.15. The maximum absolute atomic E-state index is 11.9. The minimum Gasteiger partial charge on any atom is -0.382 e. The van der Waals surface area contributed by atoms with Crippen molar-refractivity contribution in [3.8, 4) is 0 Å². The highest BCUT2D eigenvalue weighted by molar-refractivity contribution is 7.66. The van der Waals surface area contributed by atoms with Crippen molar-refractivity contribution in [2.24, 2.45) is 5.92 Å². The maximum atomic E-state index is 11.9. The van der Waals surface area contributed by atoms with Gasteiger partial charge in [0.15, 0.2) is 11.5 Å². The second kappa shape index (κ2) is 6.87. The third-order valence-corrected chi connectivity index (χ3v) is 8.02. The summed E-state index contributed by atoms with van der Waals surface area (Å²) >= 11 is 0. The summed E-state index contributed by atoms with van der Waals surface area (Å²) in [7, 11) is -16.2. The van der Waals surface area contributed by atoms with Crippen LogP contribution in [0.25, 0.3) is 11.2 Å². The third kappa shape index (κ3) is 4.43. The van der Waals surface area contributed by atoms with Gasteiger partial charge >= 0.3 is 23.5 Å². The zero-order valence-corrected chi connectivity index (χ0v) is 16.7. The molecule has 1 saturated heterocycles. The van der Waals surface area contributed by atoms with Gasteiger partial charge in [-0.25, -0.2) is 28.6 Å². The number of ether oxygens (including phenoxy) is 1. The first-order valence-corrected chi connectivity index (χ1v) is 12.3. The lowest BCUT2D eigenvalue weighted by Gasteiger charge is -2.19. The van der Waals surface area contributed by atoms with E-state index in [4.69, 9.17) is 29.7 Å². The molecule has 3 heterocycles. The molecule has 29 heavy (non-hydrogen) atoms. The van der Waals surface area contributed by atoms with Crippen molar-refractivity contribution in [1.82, 2.24) is 19.5 Å². The number of rotatable bonds is 7. The van der Waals surface area contributed by atoms with Gasteiger partial charge in [-0.2, -0.15) is 8.62 Å². The third-order valence-electron chi connectivity index (χ3n) is 4.18. The monoisotopic (exact) mass is 473 g/mol. The normalized spacial score (nSPS) is 30.6. The Morgan fingerprint density at radius 3 is 2.45 bits per heavy atom. The lowest BCUT2D eigenvalue weighted by atomic mass is 10.3. The first-order valence-electron chi connectivity index (χ1n) is 7.76. The molecule has 6 unspecified atom stereocenters. The number of nitrogens with two attached hydrogens (primary N) is 1. The van der Waals surface area contributed by atoms with E-state index in [-0.39, 0.29) is 11.7 Å². The number of hydrogen-bond acceptors (Lipinski definition) is 11. The quantitative estimate of drug-likeness (QED) is 0.334. The van der Waals surface area contributed by atoms with Crippen LogP contribution in [0.5, 0.6) is 0 Å². The Kier molecular flexibility index (Phi) is 4.97. The molecular formula is C10H14N5O11P3. The van der Waals surface area contributed by atoms with Crippen LogP contribution in [0.2, 0.25) is 0 Å². The zero-order chi connectivity index (χ0) is 21.2.